The first-order chi connectivity index (χ1) is 14.3. The molecule has 1 atom stereocenters. The summed E-state index contributed by atoms with van der Waals surface area (Å²) in [4.78, 5) is 32.3. The number of halogens is 2. The second-order valence-corrected chi connectivity index (χ2v) is 8.53. The number of hydrogen-bond acceptors (Lipinski definition) is 6. The van der Waals surface area contributed by atoms with E-state index in [4.69, 9.17) is 9.47 Å². The Morgan fingerprint density at radius 3 is 2.30 bits per heavy atom. The van der Waals surface area contributed by atoms with E-state index in [2.05, 4.69) is 36.9 Å². The average molecular weight is 538 g/mol. The largest absolute Gasteiger partial charge is 0.464 e. The Balaban J connectivity index is 2.33. The third-order valence-electron chi connectivity index (χ3n) is 4.57. The number of carbonyl (C=O) groups excluding carboxylic acids is 2. The summed E-state index contributed by atoms with van der Waals surface area (Å²) in [6.07, 6.45) is 0. The lowest BCUT2D eigenvalue weighted by atomic mass is 9.97. The fourth-order valence-electron chi connectivity index (χ4n) is 3.36. The molecule has 2 aromatic rings. The van der Waals surface area contributed by atoms with Crippen molar-refractivity contribution >= 4 is 61.0 Å². The Morgan fingerprint density at radius 2 is 1.67 bits per heavy atom. The number of esters is 2. The maximum absolute atomic E-state index is 13.2. The van der Waals surface area contributed by atoms with Gasteiger partial charge in [-0.05, 0) is 88.9 Å². The molecule has 1 aliphatic rings. The molecule has 1 heterocycles. The van der Waals surface area contributed by atoms with Crippen LogP contribution in [0.5, 0.6) is 0 Å². The molecule has 1 aliphatic heterocycles. The zero-order valence-corrected chi connectivity index (χ0v) is 20.3. The molecular weight excluding hydrogens is 516 g/mol. The lowest BCUT2D eigenvalue weighted by molar-refractivity contribution is -0.144. The second-order valence-electron chi connectivity index (χ2n) is 6.82. The van der Waals surface area contributed by atoms with Crippen molar-refractivity contribution in [2.24, 2.45) is 4.99 Å². The van der Waals surface area contributed by atoms with Crippen LogP contribution < -0.4 is 4.90 Å². The molecule has 0 saturated heterocycles. The molecule has 0 spiro atoms. The molecule has 158 valence electrons. The van der Waals surface area contributed by atoms with Crippen molar-refractivity contribution in [3.8, 4) is 0 Å². The lowest BCUT2D eigenvalue weighted by Gasteiger charge is -2.36. The molecule has 0 N–H and O–H groups in total. The molecule has 1 unspecified atom stereocenters. The zero-order valence-electron chi connectivity index (χ0n) is 17.2. The van der Waals surface area contributed by atoms with E-state index < -0.39 is 18.0 Å². The molecule has 8 heteroatoms. The van der Waals surface area contributed by atoms with Crippen molar-refractivity contribution in [2.75, 3.05) is 18.1 Å². The summed E-state index contributed by atoms with van der Waals surface area (Å²) in [5, 5.41) is 0. The first-order valence-electron chi connectivity index (χ1n) is 9.56. The highest BCUT2D eigenvalue weighted by Gasteiger charge is 2.42. The number of amidine groups is 1. The van der Waals surface area contributed by atoms with Gasteiger partial charge in [0.05, 0.1) is 24.6 Å². The molecule has 6 nitrogen and oxygen atoms in total. The van der Waals surface area contributed by atoms with Gasteiger partial charge in [-0.25, -0.2) is 14.6 Å². The highest BCUT2D eigenvalue weighted by molar-refractivity contribution is 9.11. The molecule has 3 rings (SSSR count). The summed E-state index contributed by atoms with van der Waals surface area (Å²) in [7, 11) is 0. The number of benzene rings is 2. The monoisotopic (exact) mass is 536 g/mol. The van der Waals surface area contributed by atoms with Gasteiger partial charge >= 0.3 is 11.9 Å². The predicted octanol–water partition coefficient (Wildman–Crippen LogP) is 5.55. The molecule has 0 amide bonds. The molecule has 0 bridgehead atoms. The van der Waals surface area contributed by atoms with E-state index in [-0.39, 0.29) is 19.0 Å². The standard InChI is InChI=1S/C22H22Br2N2O4/c1-5-29-21(27)19-14-9-13(4)11-16(24)18(14)25-20(22(28)30-6-2)26(19)17-8-7-12(3)10-15(17)23/h7-11,19H,5-6H2,1-4H3. The summed E-state index contributed by atoms with van der Waals surface area (Å²) in [5.41, 5.74) is 3.77. The molecule has 0 aromatic heterocycles. The van der Waals surface area contributed by atoms with Crippen LogP contribution >= 0.6 is 31.9 Å². The van der Waals surface area contributed by atoms with Crippen molar-refractivity contribution in [1.82, 2.24) is 0 Å². The summed E-state index contributed by atoms with van der Waals surface area (Å²) in [6.45, 7) is 7.77. The van der Waals surface area contributed by atoms with E-state index in [1.54, 1.807) is 18.7 Å². The topological polar surface area (TPSA) is 68.2 Å². The Labute approximate surface area is 192 Å². The Kier molecular flexibility index (Phi) is 6.98. The Hall–Kier alpha value is -2.19. The molecule has 30 heavy (non-hydrogen) atoms. The summed E-state index contributed by atoms with van der Waals surface area (Å²) >= 11 is 7.10. The van der Waals surface area contributed by atoms with Gasteiger partial charge in [0.15, 0.2) is 6.04 Å². The SMILES string of the molecule is CCOC(=O)C1=Nc2c(Br)cc(C)cc2C(C(=O)OCC)N1c1ccc(C)cc1Br. The van der Waals surface area contributed by atoms with Gasteiger partial charge in [-0.15, -0.1) is 0 Å². The van der Waals surface area contributed by atoms with Gasteiger partial charge in [-0.1, -0.05) is 12.1 Å². The van der Waals surface area contributed by atoms with E-state index in [0.29, 0.717) is 21.4 Å². The smallest absolute Gasteiger partial charge is 0.374 e. The maximum Gasteiger partial charge on any atom is 0.374 e. The van der Waals surface area contributed by atoms with Gasteiger partial charge < -0.3 is 14.4 Å². The summed E-state index contributed by atoms with van der Waals surface area (Å²) in [6, 6.07) is 8.56. The van der Waals surface area contributed by atoms with Crippen molar-refractivity contribution in [1.29, 1.82) is 0 Å². The van der Waals surface area contributed by atoms with E-state index in [1.165, 1.54) is 0 Å². The predicted molar refractivity (Wildman–Crippen MR) is 123 cm³/mol. The molecule has 0 fully saturated rings. The third kappa shape index (κ3) is 4.30. The first-order valence-corrected chi connectivity index (χ1v) is 11.1. The van der Waals surface area contributed by atoms with Crippen LogP contribution in [0.1, 0.15) is 36.6 Å². The number of ether oxygens (including phenoxy) is 2. The van der Waals surface area contributed by atoms with Gasteiger partial charge in [0.25, 0.3) is 0 Å². The van der Waals surface area contributed by atoms with Gasteiger partial charge in [0.1, 0.15) is 0 Å². The van der Waals surface area contributed by atoms with Crippen LogP contribution in [0.3, 0.4) is 0 Å². The van der Waals surface area contributed by atoms with Crippen molar-refractivity contribution in [3.63, 3.8) is 0 Å². The van der Waals surface area contributed by atoms with Gasteiger partial charge in [-0.2, -0.15) is 0 Å². The molecule has 0 radical (unpaired) electrons. The van der Waals surface area contributed by atoms with Crippen LogP contribution in [0.25, 0.3) is 0 Å². The molecule has 2 aromatic carbocycles. The van der Waals surface area contributed by atoms with Gasteiger partial charge in [-0.3, -0.25) is 0 Å². The number of hydrogen-bond donors (Lipinski definition) is 0. The van der Waals surface area contributed by atoms with Gasteiger partial charge in [0, 0.05) is 14.5 Å². The quantitative estimate of drug-likeness (QED) is 0.468. The normalized spacial score (nSPS) is 15.3. The summed E-state index contributed by atoms with van der Waals surface area (Å²) in [5.74, 6) is -1.06. The molecule has 0 saturated carbocycles. The Morgan fingerprint density at radius 1 is 1.00 bits per heavy atom. The van der Waals surface area contributed by atoms with Crippen molar-refractivity contribution in [3.05, 3.63) is 56.0 Å². The fraction of sp³-hybridized carbons (Fsp3) is 0.318. The van der Waals surface area contributed by atoms with Crippen molar-refractivity contribution < 1.29 is 19.1 Å². The molecular formula is C22H22Br2N2O4. The van der Waals surface area contributed by atoms with E-state index in [1.807, 2.05) is 44.2 Å². The number of carbonyl (C=O) groups is 2. The van der Waals surface area contributed by atoms with Gasteiger partial charge in [0.2, 0.25) is 5.84 Å². The van der Waals surface area contributed by atoms with Crippen LogP contribution in [-0.2, 0) is 19.1 Å². The van der Waals surface area contributed by atoms with Crippen LogP contribution in [0, 0.1) is 13.8 Å². The number of rotatable bonds is 5. The minimum atomic E-state index is -0.896. The first kappa shape index (κ1) is 22.5. The highest BCUT2D eigenvalue weighted by atomic mass is 79.9. The number of aliphatic imine (C=N–C) groups is 1. The Bertz CT molecular complexity index is 1040. The summed E-state index contributed by atoms with van der Waals surface area (Å²) < 4.78 is 12.1. The van der Waals surface area contributed by atoms with Crippen LogP contribution in [0.4, 0.5) is 11.4 Å². The third-order valence-corrected chi connectivity index (χ3v) is 5.81. The van der Waals surface area contributed by atoms with Crippen molar-refractivity contribution in [2.45, 2.75) is 33.7 Å². The maximum atomic E-state index is 13.2. The van der Waals surface area contributed by atoms with E-state index in [0.717, 1.165) is 15.6 Å². The highest BCUT2D eigenvalue weighted by Crippen LogP contribution is 2.45. The molecule has 0 aliphatic carbocycles. The minimum Gasteiger partial charge on any atom is -0.464 e. The number of aryl methyl sites for hydroxylation is 2. The fourth-order valence-corrected chi connectivity index (χ4v) is 4.73. The minimum absolute atomic E-state index is 0.0245. The van der Waals surface area contributed by atoms with Crippen LogP contribution in [0.15, 0.2) is 44.3 Å². The van der Waals surface area contributed by atoms with Crippen LogP contribution in [0.2, 0.25) is 0 Å². The number of anilines is 1. The zero-order chi connectivity index (χ0) is 22.0. The second kappa shape index (κ2) is 9.31. The van der Waals surface area contributed by atoms with Crippen LogP contribution in [-0.4, -0.2) is 31.0 Å². The van der Waals surface area contributed by atoms with E-state index in [9.17, 15) is 9.59 Å². The van der Waals surface area contributed by atoms with E-state index >= 15 is 0 Å². The lowest BCUT2D eigenvalue weighted by Crippen LogP contribution is -2.46. The average Bonchev–Trinajstić information content (AvgIpc) is 2.67. The number of fused-ring (bicyclic) bond motifs is 1. The number of nitrogens with zero attached hydrogens (tertiary/aromatic N) is 2.